The molecule has 1 aliphatic carbocycles. The molecular formula is C21H16N2O3. The summed E-state index contributed by atoms with van der Waals surface area (Å²) in [4.78, 5) is 4.12. The number of furan rings is 1. The molecule has 0 radical (unpaired) electrons. The quantitative estimate of drug-likeness (QED) is 0.486. The van der Waals surface area contributed by atoms with E-state index >= 15 is 0 Å². The minimum absolute atomic E-state index is 0.594. The predicted molar refractivity (Wildman–Crippen MR) is 97.1 cm³/mol. The zero-order chi connectivity index (χ0) is 17.7. The Labute approximate surface area is 150 Å². The molecule has 1 aliphatic rings. The average Bonchev–Trinajstić information content (AvgIpc) is 3.30. The van der Waals surface area contributed by atoms with Crippen LogP contribution < -0.4 is 4.74 Å². The van der Waals surface area contributed by atoms with Gasteiger partial charge in [0.15, 0.2) is 11.3 Å². The topological polar surface area (TPSA) is 52.8 Å². The Morgan fingerprint density at radius 2 is 2.12 bits per heavy atom. The molecule has 128 valence electrons. The molecule has 0 spiro atoms. The highest BCUT2D eigenvalue weighted by molar-refractivity contribution is 6.09. The Bertz CT molecular complexity index is 1180. The summed E-state index contributed by atoms with van der Waals surface area (Å²) < 4.78 is 16.7. The molecular weight excluding hydrogens is 328 g/mol. The fourth-order valence-corrected chi connectivity index (χ4v) is 4.10. The number of nitrogens with zero attached hydrogens (tertiary/aromatic N) is 2. The van der Waals surface area contributed by atoms with Crippen LogP contribution in [0.4, 0.5) is 0 Å². The maximum atomic E-state index is 8.02. The Hall–Kier alpha value is -3.26. The van der Waals surface area contributed by atoms with Gasteiger partial charge in [-0.1, -0.05) is 23.4 Å². The maximum absolute atomic E-state index is 8.02. The van der Waals surface area contributed by atoms with Crippen LogP contribution in [0, 0.1) is 6.57 Å². The fourth-order valence-electron chi connectivity index (χ4n) is 4.10. The van der Waals surface area contributed by atoms with Crippen LogP contribution in [0.1, 0.15) is 23.2 Å². The van der Waals surface area contributed by atoms with Crippen LogP contribution in [-0.2, 0) is 18.4 Å². The molecule has 5 heteroatoms. The van der Waals surface area contributed by atoms with E-state index in [1.54, 1.807) is 13.4 Å². The van der Waals surface area contributed by atoms with E-state index in [2.05, 4.69) is 10.0 Å². The summed E-state index contributed by atoms with van der Waals surface area (Å²) in [5.41, 5.74) is 3.81. The minimum Gasteiger partial charge on any atom is -0.493 e. The molecule has 5 nitrogen and oxygen atoms in total. The first-order chi connectivity index (χ1) is 12.8. The number of aromatic nitrogens is 1. The molecule has 0 saturated carbocycles. The molecule has 1 atom stereocenters. The van der Waals surface area contributed by atoms with E-state index in [0.717, 1.165) is 39.6 Å². The van der Waals surface area contributed by atoms with Crippen molar-refractivity contribution in [1.29, 1.82) is 0 Å². The van der Waals surface area contributed by atoms with E-state index in [-0.39, 0.29) is 0 Å². The van der Waals surface area contributed by atoms with Crippen molar-refractivity contribution in [3.8, 4) is 5.75 Å². The molecule has 1 unspecified atom stereocenters. The van der Waals surface area contributed by atoms with Crippen molar-refractivity contribution < 1.29 is 13.7 Å². The summed E-state index contributed by atoms with van der Waals surface area (Å²) >= 11 is 0. The van der Waals surface area contributed by atoms with Crippen LogP contribution in [0.2, 0.25) is 0 Å². The Kier molecular flexibility index (Phi) is 3.10. The number of hydrogen-bond donors (Lipinski definition) is 0. The van der Waals surface area contributed by atoms with Gasteiger partial charge in [-0.2, -0.15) is 0 Å². The van der Waals surface area contributed by atoms with Gasteiger partial charge in [0.05, 0.1) is 19.2 Å². The van der Waals surface area contributed by atoms with Crippen molar-refractivity contribution in [3.63, 3.8) is 0 Å². The summed E-state index contributed by atoms with van der Waals surface area (Å²) in [6.45, 7) is 8.02. The normalized spacial score (nSPS) is 19.4. The lowest BCUT2D eigenvalue weighted by molar-refractivity contribution is 0.406. The molecule has 5 rings (SSSR count). The number of fused-ring (bicyclic) bond motifs is 4. The summed E-state index contributed by atoms with van der Waals surface area (Å²) in [6.07, 6.45) is 3.70. The lowest BCUT2D eigenvalue weighted by Gasteiger charge is -2.26. The third-order valence-electron chi connectivity index (χ3n) is 5.41. The summed E-state index contributed by atoms with van der Waals surface area (Å²) in [6, 6.07) is 11.8. The maximum Gasteiger partial charge on any atom is 0.262 e. The second-order valence-electron chi connectivity index (χ2n) is 6.72. The number of ether oxygens (including phenoxy) is 1. The monoisotopic (exact) mass is 344 g/mol. The lowest BCUT2D eigenvalue weighted by atomic mass is 9.75. The van der Waals surface area contributed by atoms with Gasteiger partial charge in [-0.15, -0.1) is 0 Å². The van der Waals surface area contributed by atoms with Gasteiger partial charge in [-0.25, -0.2) is 6.57 Å². The Morgan fingerprint density at radius 3 is 2.96 bits per heavy atom. The van der Waals surface area contributed by atoms with Crippen LogP contribution in [-0.4, -0.2) is 12.3 Å². The molecule has 0 bridgehead atoms. The van der Waals surface area contributed by atoms with Gasteiger partial charge in [-0.05, 0) is 18.2 Å². The van der Waals surface area contributed by atoms with Crippen LogP contribution in [0.3, 0.4) is 0 Å². The van der Waals surface area contributed by atoms with Crippen LogP contribution >= 0.6 is 0 Å². The molecule has 4 aromatic rings. The van der Waals surface area contributed by atoms with Crippen LogP contribution in [0.25, 0.3) is 26.8 Å². The van der Waals surface area contributed by atoms with E-state index < -0.39 is 5.54 Å². The van der Waals surface area contributed by atoms with Gasteiger partial charge < -0.3 is 18.5 Å². The smallest absolute Gasteiger partial charge is 0.262 e. The molecule has 0 saturated heterocycles. The molecule has 0 fully saturated rings. The number of para-hydroxylation sites is 1. The van der Waals surface area contributed by atoms with Gasteiger partial charge in [-0.3, -0.25) is 0 Å². The standard InChI is InChI=1S/C21H16N2O3/c1-22-21(10-9-16-13(11-21)12-25-23-16)15-7-8-18(24-2)20-19(15)14-5-3-4-6-17(14)26-20/h3-8,12H,9-11H2,2H3. The van der Waals surface area contributed by atoms with E-state index in [4.69, 9.17) is 20.2 Å². The second-order valence-corrected chi connectivity index (χ2v) is 6.72. The van der Waals surface area contributed by atoms with E-state index in [9.17, 15) is 0 Å². The Morgan fingerprint density at radius 1 is 1.23 bits per heavy atom. The number of aryl methyl sites for hydroxylation is 1. The van der Waals surface area contributed by atoms with Crippen molar-refractivity contribution in [3.05, 3.63) is 70.9 Å². The molecule has 0 N–H and O–H groups in total. The van der Waals surface area contributed by atoms with Crippen molar-refractivity contribution in [2.75, 3.05) is 7.11 Å². The van der Waals surface area contributed by atoms with E-state index in [0.29, 0.717) is 24.2 Å². The highest BCUT2D eigenvalue weighted by Crippen LogP contribution is 2.46. The van der Waals surface area contributed by atoms with Crippen molar-refractivity contribution >= 4 is 21.9 Å². The zero-order valence-electron chi connectivity index (χ0n) is 14.3. The largest absolute Gasteiger partial charge is 0.493 e. The molecule has 2 heterocycles. The molecule has 2 aromatic heterocycles. The zero-order valence-corrected chi connectivity index (χ0v) is 14.3. The number of methoxy groups -OCH3 is 1. The number of hydrogen-bond acceptors (Lipinski definition) is 4. The Balaban J connectivity index is 1.83. The van der Waals surface area contributed by atoms with Crippen molar-refractivity contribution in [1.82, 2.24) is 5.16 Å². The van der Waals surface area contributed by atoms with E-state index in [1.807, 2.05) is 36.4 Å². The minimum atomic E-state index is -0.657. The first-order valence-electron chi connectivity index (χ1n) is 8.55. The third kappa shape index (κ3) is 1.93. The van der Waals surface area contributed by atoms with E-state index in [1.165, 1.54) is 0 Å². The summed E-state index contributed by atoms with van der Waals surface area (Å²) in [7, 11) is 1.64. The van der Waals surface area contributed by atoms with Crippen LogP contribution in [0.5, 0.6) is 5.75 Å². The van der Waals surface area contributed by atoms with Crippen LogP contribution in [0.15, 0.2) is 51.6 Å². The first kappa shape index (κ1) is 15.0. The lowest BCUT2D eigenvalue weighted by Crippen LogP contribution is -2.30. The number of benzene rings is 2. The van der Waals surface area contributed by atoms with Gasteiger partial charge >= 0.3 is 0 Å². The fraction of sp³-hybridized carbons (Fsp3) is 0.238. The molecule has 2 aromatic carbocycles. The van der Waals surface area contributed by atoms with Crippen molar-refractivity contribution in [2.24, 2.45) is 0 Å². The highest BCUT2D eigenvalue weighted by atomic mass is 16.5. The molecule has 26 heavy (non-hydrogen) atoms. The van der Waals surface area contributed by atoms with Gasteiger partial charge in [0.2, 0.25) is 0 Å². The van der Waals surface area contributed by atoms with Crippen molar-refractivity contribution in [2.45, 2.75) is 24.8 Å². The highest BCUT2D eigenvalue weighted by Gasteiger charge is 2.45. The van der Waals surface area contributed by atoms with Gasteiger partial charge in [0.25, 0.3) is 5.54 Å². The molecule has 0 amide bonds. The predicted octanol–water partition coefficient (Wildman–Crippen LogP) is 4.89. The first-order valence-corrected chi connectivity index (χ1v) is 8.55. The second kappa shape index (κ2) is 5.37. The third-order valence-corrected chi connectivity index (χ3v) is 5.41. The van der Waals surface area contributed by atoms with Gasteiger partial charge in [0.1, 0.15) is 11.8 Å². The number of rotatable bonds is 2. The van der Waals surface area contributed by atoms with Gasteiger partial charge in [0, 0.05) is 34.7 Å². The summed E-state index contributed by atoms with van der Waals surface area (Å²) in [5, 5.41) is 6.04. The summed E-state index contributed by atoms with van der Waals surface area (Å²) in [5.74, 6) is 0.682. The average molecular weight is 344 g/mol. The SMILES string of the molecule is [C-]#[N+]C1(c2ccc(OC)c3oc4ccccc4c23)CCc2nocc2C1. The molecule has 0 aliphatic heterocycles.